The predicted molar refractivity (Wildman–Crippen MR) is 130 cm³/mol. The molecule has 1 atom stereocenters. The van der Waals surface area contributed by atoms with Gasteiger partial charge in [-0.1, -0.05) is 95.4 Å². The highest BCUT2D eigenvalue weighted by Crippen LogP contribution is 2.34. The van der Waals surface area contributed by atoms with Crippen LogP contribution in [0.2, 0.25) is 0 Å². The van der Waals surface area contributed by atoms with Gasteiger partial charge in [0, 0.05) is 0 Å². The Balaban J connectivity index is 1.35. The van der Waals surface area contributed by atoms with Crippen LogP contribution in [0, 0.1) is 17.8 Å². The number of rotatable bonds is 11. The van der Waals surface area contributed by atoms with Crippen LogP contribution in [-0.2, 0) is 11.2 Å². The van der Waals surface area contributed by atoms with E-state index in [2.05, 4.69) is 32.1 Å². The summed E-state index contributed by atoms with van der Waals surface area (Å²) in [5, 5.41) is 0. The molecule has 1 fully saturated rings. The first-order chi connectivity index (χ1) is 15.2. The van der Waals surface area contributed by atoms with E-state index in [0.29, 0.717) is 5.75 Å². The third-order valence-electron chi connectivity index (χ3n) is 7.57. The number of ether oxygens (including phenoxy) is 1. The van der Waals surface area contributed by atoms with Crippen LogP contribution in [0.5, 0.6) is 5.75 Å². The van der Waals surface area contributed by atoms with Gasteiger partial charge in [0.25, 0.3) is 0 Å². The first-order valence-corrected chi connectivity index (χ1v) is 13.2. The van der Waals surface area contributed by atoms with Crippen LogP contribution in [0.4, 0.5) is 0 Å². The van der Waals surface area contributed by atoms with Gasteiger partial charge >= 0.3 is 5.97 Å². The summed E-state index contributed by atoms with van der Waals surface area (Å²) in [4.78, 5) is 12.5. The molecule has 1 unspecified atom stereocenters. The molecule has 0 aromatic heterocycles. The van der Waals surface area contributed by atoms with Gasteiger partial charge in [0.2, 0.25) is 0 Å². The normalized spacial score (nSPS) is 23.9. The topological polar surface area (TPSA) is 26.3 Å². The third-order valence-corrected chi connectivity index (χ3v) is 7.57. The van der Waals surface area contributed by atoms with Gasteiger partial charge in [0.15, 0.2) is 0 Å². The monoisotopic (exact) mass is 424 g/mol. The van der Waals surface area contributed by atoms with Crippen molar-refractivity contribution in [2.24, 2.45) is 17.8 Å². The van der Waals surface area contributed by atoms with Crippen molar-refractivity contribution in [2.45, 2.75) is 110 Å². The van der Waals surface area contributed by atoms with Gasteiger partial charge in [-0.25, -0.2) is 0 Å². The van der Waals surface area contributed by atoms with Crippen molar-refractivity contribution in [3.05, 3.63) is 41.5 Å². The van der Waals surface area contributed by atoms with Gasteiger partial charge in [-0.15, -0.1) is 0 Å². The molecule has 2 aliphatic carbocycles. The molecule has 0 amide bonds. The molecule has 0 aliphatic heterocycles. The van der Waals surface area contributed by atoms with E-state index in [0.717, 1.165) is 37.5 Å². The Morgan fingerprint density at radius 2 is 1.58 bits per heavy atom. The number of carbonyl (C=O) groups excluding carboxylic acids is 1. The minimum atomic E-state index is -0.0600. The summed E-state index contributed by atoms with van der Waals surface area (Å²) in [5.41, 5.74) is 2.88. The van der Waals surface area contributed by atoms with Crippen LogP contribution in [0.3, 0.4) is 0 Å². The molecule has 1 saturated carbocycles. The Morgan fingerprint density at radius 3 is 2.19 bits per heavy atom. The lowest BCUT2D eigenvalue weighted by Gasteiger charge is -2.28. The van der Waals surface area contributed by atoms with Crippen molar-refractivity contribution in [3.8, 4) is 5.75 Å². The lowest BCUT2D eigenvalue weighted by molar-refractivity contribution is -0.139. The van der Waals surface area contributed by atoms with Crippen molar-refractivity contribution in [1.29, 1.82) is 0 Å². The number of allylic oxidation sites excluding steroid dienone is 2. The first-order valence-electron chi connectivity index (χ1n) is 13.2. The average molecular weight is 425 g/mol. The Kier molecular flexibility index (Phi) is 10.2. The van der Waals surface area contributed by atoms with Gasteiger partial charge < -0.3 is 4.74 Å². The Bertz CT molecular complexity index is 679. The Labute approximate surface area is 190 Å². The zero-order valence-corrected chi connectivity index (χ0v) is 20.0. The van der Waals surface area contributed by atoms with E-state index in [-0.39, 0.29) is 11.9 Å². The van der Waals surface area contributed by atoms with Crippen molar-refractivity contribution in [3.63, 3.8) is 0 Å². The molecule has 2 aliphatic rings. The maximum absolute atomic E-state index is 12.5. The molecule has 31 heavy (non-hydrogen) atoms. The van der Waals surface area contributed by atoms with E-state index in [4.69, 9.17) is 4.74 Å². The van der Waals surface area contributed by atoms with E-state index in [1.54, 1.807) is 0 Å². The summed E-state index contributed by atoms with van der Waals surface area (Å²) in [6.45, 7) is 4.51. The van der Waals surface area contributed by atoms with Crippen LogP contribution < -0.4 is 4.74 Å². The van der Waals surface area contributed by atoms with Gasteiger partial charge in [-0.2, -0.15) is 0 Å². The number of aryl methyl sites for hydroxylation is 1. The first kappa shape index (κ1) is 24.1. The minimum Gasteiger partial charge on any atom is -0.426 e. The largest absolute Gasteiger partial charge is 0.426 e. The molecule has 0 N–H and O–H groups in total. The maximum atomic E-state index is 12.5. The van der Waals surface area contributed by atoms with Crippen molar-refractivity contribution < 1.29 is 9.53 Å². The molecule has 0 saturated heterocycles. The zero-order valence-electron chi connectivity index (χ0n) is 20.0. The predicted octanol–water partition coefficient (Wildman–Crippen LogP) is 8.44. The fourth-order valence-corrected chi connectivity index (χ4v) is 5.44. The molecule has 3 rings (SSSR count). The third kappa shape index (κ3) is 8.13. The average Bonchev–Trinajstić information content (AvgIpc) is 2.80. The molecule has 2 heteroatoms. The van der Waals surface area contributed by atoms with E-state index in [1.165, 1.54) is 81.8 Å². The SMILES string of the molecule is CCCCCC1CCC(CCc2ccc(OC(=O)C3CC=C(CCC)CC3)cc2)CC1. The summed E-state index contributed by atoms with van der Waals surface area (Å²) in [6, 6.07) is 8.27. The molecule has 172 valence electrons. The lowest BCUT2D eigenvalue weighted by atomic mass is 9.78. The summed E-state index contributed by atoms with van der Waals surface area (Å²) in [7, 11) is 0. The quantitative estimate of drug-likeness (QED) is 0.154. The highest BCUT2D eigenvalue weighted by atomic mass is 16.5. The molecular weight excluding hydrogens is 380 g/mol. The van der Waals surface area contributed by atoms with Crippen LogP contribution in [0.15, 0.2) is 35.9 Å². The second-order valence-electron chi connectivity index (χ2n) is 10.1. The number of unbranched alkanes of at least 4 members (excludes halogenated alkanes) is 2. The second-order valence-corrected chi connectivity index (χ2v) is 10.1. The number of hydrogen-bond donors (Lipinski definition) is 0. The minimum absolute atomic E-state index is 0.0254. The fraction of sp³-hybridized carbons (Fsp3) is 0.690. The van der Waals surface area contributed by atoms with Gasteiger partial charge in [-0.05, 0) is 68.1 Å². The van der Waals surface area contributed by atoms with Gasteiger partial charge in [0.1, 0.15) is 5.75 Å². The van der Waals surface area contributed by atoms with Crippen LogP contribution in [0.25, 0.3) is 0 Å². The van der Waals surface area contributed by atoms with E-state index in [9.17, 15) is 4.79 Å². The summed E-state index contributed by atoms with van der Waals surface area (Å²) in [6.07, 6.45) is 21.2. The standard InChI is InChI=1S/C29H44O2/c1-3-5-6-8-24-9-11-25(12-10-24)13-14-26-17-21-28(22-18-26)31-29(30)27-19-15-23(7-4-2)16-20-27/h15,17-18,21-22,24-25,27H,3-14,16,19-20H2,1-2H3. The highest BCUT2D eigenvalue weighted by Gasteiger charge is 2.23. The van der Waals surface area contributed by atoms with Gasteiger partial charge in [-0.3, -0.25) is 4.79 Å². The molecule has 1 aromatic carbocycles. The second kappa shape index (κ2) is 13.1. The molecule has 0 heterocycles. The molecule has 2 nitrogen and oxygen atoms in total. The maximum Gasteiger partial charge on any atom is 0.314 e. The molecule has 0 spiro atoms. The molecule has 1 aromatic rings. The van der Waals surface area contributed by atoms with Gasteiger partial charge in [0.05, 0.1) is 5.92 Å². The van der Waals surface area contributed by atoms with Crippen LogP contribution in [-0.4, -0.2) is 5.97 Å². The number of carbonyl (C=O) groups is 1. The van der Waals surface area contributed by atoms with Crippen molar-refractivity contribution in [1.82, 2.24) is 0 Å². The summed E-state index contributed by atoms with van der Waals surface area (Å²) in [5.74, 6) is 2.56. The molecule has 0 bridgehead atoms. The summed E-state index contributed by atoms with van der Waals surface area (Å²) >= 11 is 0. The zero-order chi connectivity index (χ0) is 21.9. The van der Waals surface area contributed by atoms with Crippen molar-refractivity contribution >= 4 is 5.97 Å². The molecular formula is C29H44O2. The number of esters is 1. The number of hydrogen-bond acceptors (Lipinski definition) is 2. The van der Waals surface area contributed by atoms with Crippen LogP contribution in [0.1, 0.15) is 109 Å². The Morgan fingerprint density at radius 1 is 0.871 bits per heavy atom. The van der Waals surface area contributed by atoms with E-state index in [1.807, 2.05) is 12.1 Å². The van der Waals surface area contributed by atoms with E-state index < -0.39 is 0 Å². The fourth-order valence-electron chi connectivity index (χ4n) is 5.44. The van der Waals surface area contributed by atoms with E-state index >= 15 is 0 Å². The summed E-state index contributed by atoms with van der Waals surface area (Å²) < 4.78 is 5.68. The smallest absolute Gasteiger partial charge is 0.314 e. The molecule has 0 radical (unpaired) electrons. The highest BCUT2D eigenvalue weighted by molar-refractivity contribution is 5.75. The van der Waals surface area contributed by atoms with Crippen molar-refractivity contribution in [2.75, 3.05) is 0 Å². The Hall–Kier alpha value is -1.57. The number of benzene rings is 1. The van der Waals surface area contributed by atoms with Crippen LogP contribution >= 0.6 is 0 Å². The lowest BCUT2D eigenvalue weighted by Crippen LogP contribution is -2.22.